The zero-order chi connectivity index (χ0) is 14.7. The average Bonchev–Trinajstić information content (AvgIpc) is 2.77. The third-order valence-electron chi connectivity index (χ3n) is 2.54. The van der Waals surface area contributed by atoms with Gasteiger partial charge in [0.2, 0.25) is 0 Å². The number of primary amides is 1. The van der Waals surface area contributed by atoms with Gasteiger partial charge < -0.3 is 11.1 Å². The van der Waals surface area contributed by atoms with Gasteiger partial charge in [0.05, 0.1) is 11.4 Å². The van der Waals surface area contributed by atoms with Crippen LogP contribution >= 0.6 is 0 Å². The minimum atomic E-state index is -0.613. The second-order valence-electron chi connectivity index (χ2n) is 4.15. The number of nitrogens with one attached hydrogen (secondary N) is 2. The predicted octanol–water partition coefficient (Wildman–Crippen LogP) is 0.866. The maximum absolute atomic E-state index is 11.8. The van der Waals surface area contributed by atoms with Gasteiger partial charge in [0.15, 0.2) is 5.82 Å². The van der Waals surface area contributed by atoms with Gasteiger partial charge in [0.25, 0.3) is 5.91 Å². The van der Waals surface area contributed by atoms with Crippen molar-refractivity contribution in [1.29, 1.82) is 0 Å². The molecule has 0 radical (unpaired) electrons. The third kappa shape index (κ3) is 3.10. The molecule has 0 aromatic carbocycles. The summed E-state index contributed by atoms with van der Waals surface area (Å²) in [6.45, 7) is 1.67. The number of hydrogen-bond acceptors (Lipinski definition) is 4. The van der Waals surface area contributed by atoms with E-state index in [2.05, 4.69) is 20.7 Å². The predicted molar refractivity (Wildman–Crippen MR) is 73.3 cm³/mol. The molecule has 0 spiro atoms. The van der Waals surface area contributed by atoms with Crippen LogP contribution in [0.3, 0.4) is 0 Å². The van der Waals surface area contributed by atoms with Gasteiger partial charge in [-0.3, -0.25) is 14.8 Å². The van der Waals surface area contributed by atoms with E-state index < -0.39 is 11.9 Å². The molecule has 3 amide bonds. The second-order valence-corrected chi connectivity index (χ2v) is 4.15. The molecule has 8 heteroatoms. The van der Waals surface area contributed by atoms with E-state index in [0.29, 0.717) is 17.2 Å². The Kier molecular flexibility index (Phi) is 3.65. The molecule has 104 valence electrons. The molecule has 4 N–H and O–H groups in total. The van der Waals surface area contributed by atoms with E-state index in [0.717, 1.165) is 0 Å². The second kappa shape index (κ2) is 5.39. The quantitative estimate of drug-likeness (QED) is 0.770. The van der Waals surface area contributed by atoms with Gasteiger partial charge in [-0.25, -0.2) is 9.78 Å². The van der Waals surface area contributed by atoms with Gasteiger partial charge in [-0.15, -0.1) is 0 Å². The largest absolute Gasteiger partial charge is 0.364 e. The molecule has 2 aromatic rings. The summed E-state index contributed by atoms with van der Waals surface area (Å²) >= 11 is 0. The number of nitrogens with zero attached hydrogens (tertiary/aromatic N) is 3. The molecular formula is C12H14N6O2. The lowest BCUT2D eigenvalue weighted by molar-refractivity contribution is 0.0995. The molecule has 0 fully saturated rings. The SMILES string of the molecule is Cc1nc(C(N)=O)ccc1NC(=O)Nc1ccn(C)n1. The molecule has 0 atom stereocenters. The van der Waals surface area contributed by atoms with E-state index >= 15 is 0 Å². The number of hydrogen-bond donors (Lipinski definition) is 3. The van der Waals surface area contributed by atoms with Crippen molar-refractivity contribution in [2.24, 2.45) is 12.8 Å². The number of aromatic nitrogens is 3. The average molecular weight is 274 g/mol. The van der Waals surface area contributed by atoms with Crippen molar-refractivity contribution in [3.8, 4) is 0 Å². The van der Waals surface area contributed by atoms with Crippen LogP contribution in [0.1, 0.15) is 16.2 Å². The molecule has 0 saturated carbocycles. The molecule has 2 aromatic heterocycles. The number of carbonyl (C=O) groups excluding carboxylic acids is 2. The maximum atomic E-state index is 11.8. The Morgan fingerprint density at radius 3 is 2.55 bits per heavy atom. The van der Waals surface area contributed by atoms with E-state index in [-0.39, 0.29) is 5.69 Å². The zero-order valence-electron chi connectivity index (χ0n) is 11.0. The van der Waals surface area contributed by atoms with E-state index in [1.807, 2.05) is 0 Å². The topological polar surface area (TPSA) is 115 Å². The molecule has 0 aliphatic carbocycles. The van der Waals surface area contributed by atoms with Crippen LogP contribution in [0.2, 0.25) is 0 Å². The van der Waals surface area contributed by atoms with Crippen molar-refractivity contribution >= 4 is 23.4 Å². The number of amides is 3. The highest BCUT2D eigenvalue weighted by Gasteiger charge is 2.09. The zero-order valence-corrected chi connectivity index (χ0v) is 11.0. The Balaban J connectivity index is 2.06. The Bertz CT molecular complexity index is 664. The first-order chi connectivity index (χ1) is 9.45. The number of carbonyl (C=O) groups is 2. The van der Waals surface area contributed by atoms with E-state index in [9.17, 15) is 9.59 Å². The fourth-order valence-electron chi connectivity index (χ4n) is 1.58. The Labute approximate surface area is 115 Å². The van der Waals surface area contributed by atoms with Crippen LogP contribution in [0.15, 0.2) is 24.4 Å². The summed E-state index contributed by atoms with van der Waals surface area (Å²) in [5.74, 6) is -0.179. The van der Waals surface area contributed by atoms with E-state index in [1.165, 1.54) is 6.07 Å². The van der Waals surface area contributed by atoms with Crippen LogP contribution in [0.25, 0.3) is 0 Å². The minimum absolute atomic E-state index is 0.151. The Morgan fingerprint density at radius 1 is 1.25 bits per heavy atom. The summed E-state index contributed by atoms with van der Waals surface area (Å²) in [5.41, 5.74) is 6.26. The molecule has 2 rings (SSSR count). The number of aryl methyl sites for hydroxylation is 2. The molecule has 0 aliphatic rings. The van der Waals surface area contributed by atoms with Crippen LogP contribution in [0.4, 0.5) is 16.3 Å². The summed E-state index contributed by atoms with van der Waals surface area (Å²) in [5, 5.41) is 9.21. The molecule has 8 nitrogen and oxygen atoms in total. The number of pyridine rings is 1. The minimum Gasteiger partial charge on any atom is -0.364 e. The van der Waals surface area contributed by atoms with Crippen molar-refractivity contribution in [3.63, 3.8) is 0 Å². The lowest BCUT2D eigenvalue weighted by atomic mass is 10.2. The summed E-state index contributed by atoms with van der Waals surface area (Å²) in [4.78, 5) is 26.8. The highest BCUT2D eigenvalue weighted by Crippen LogP contribution is 2.13. The summed E-state index contributed by atoms with van der Waals surface area (Å²) < 4.78 is 1.57. The molecule has 0 unspecified atom stereocenters. The first-order valence-electron chi connectivity index (χ1n) is 5.81. The van der Waals surface area contributed by atoms with Crippen LogP contribution in [-0.2, 0) is 7.05 Å². The number of anilines is 2. The van der Waals surface area contributed by atoms with Crippen molar-refractivity contribution in [3.05, 3.63) is 35.8 Å². The molecule has 20 heavy (non-hydrogen) atoms. The summed E-state index contributed by atoms with van der Waals surface area (Å²) in [7, 11) is 1.75. The van der Waals surface area contributed by atoms with Crippen LogP contribution < -0.4 is 16.4 Å². The first kappa shape index (κ1) is 13.5. The lowest BCUT2D eigenvalue weighted by Gasteiger charge is -2.08. The van der Waals surface area contributed by atoms with Gasteiger partial charge in [-0.2, -0.15) is 5.10 Å². The van der Waals surface area contributed by atoms with Crippen molar-refractivity contribution in [2.45, 2.75) is 6.92 Å². The maximum Gasteiger partial charge on any atom is 0.324 e. The van der Waals surface area contributed by atoms with Crippen molar-refractivity contribution in [1.82, 2.24) is 14.8 Å². The molecule has 2 heterocycles. The van der Waals surface area contributed by atoms with Crippen LogP contribution in [0, 0.1) is 6.92 Å². The number of nitrogens with two attached hydrogens (primary N) is 1. The van der Waals surface area contributed by atoms with Crippen molar-refractivity contribution < 1.29 is 9.59 Å². The van der Waals surface area contributed by atoms with Crippen LogP contribution in [0.5, 0.6) is 0 Å². The van der Waals surface area contributed by atoms with Crippen LogP contribution in [-0.4, -0.2) is 26.7 Å². The smallest absolute Gasteiger partial charge is 0.324 e. The summed E-state index contributed by atoms with van der Waals surface area (Å²) in [6.07, 6.45) is 1.71. The monoisotopic (exact) mass is 274 g/mol. The standard InChI is InChI=1S/C12H14N6O2/c1-7-8(3-4-9(14-7)11(13)19)15-12(20)16-10-5-6-18(2)17-10/h3-6H,1-2H3,(H2,13,19)(H2,15,16,17,20). The fourth-order valence-corrected chi connectivity index (χ4v) is 1.58. The van der Waals surface area contributed by atoms with E-state index in [1.54, 1.807) is 37.0 Å². The van der Waals surface area contributed by atoms with Gasteiger partial charge >= 0.3 is 6.03 Å². The molecular weight excluding hydrogens is 260 g/mol. The summed E-state index contributed by atoms with van der Waals surface area (Å²) in [6, 6.07) is 4.24. The van der Waals surface area contributed by atoms with Gasteiger partial charge in [-0.1, -0.05) is 0 Å². The lowest BCUT2D eigenvalue weighted by Crippen LogP contribution is -2.21. The van der Waals surface area contributed by atoms with Gasteiger partial charge in [0, 0.05) is 19.3 Å². The first-order valence-corrected chi connectivity index (χ1v) is 5.81. The highest BCUT2D eigenvalue weighted by atomic mass is 16.2. The Hall–Kier alpha value is -2.90. The normalized spacial score (nSPS) is 10.1. The molecule has 0 saturated heterocycles. The van der Waals surface area contributed by atoms with Gasteiger partial charge in [0.1, 0.15) is 5.69 Å². The third-order valence-corrected chi connectivity index (χ3v) is 2.54. The fraction of sp³-hybridized carbons (Fsp3) is 0.167. The number of urea groups is 1. The highest BCUT2D eigenvalue weighted by molar-refractivity contribution is 5.99. The van der Waals surface area contributed by atoms with E-state index in [4.69, 9.17) is 5.73 Å². The molecule has 0 aliphatic heterocycles. The molecule has 0 bridgehead atoms. The Morgan fingerprint density at radius 2 is 2.00 bits per heavy atom. The number of rotatable bonds is 3. The van der Waals surface area contributed by atoms with Gasteiger partial charge in [-0.05, 0) is 19.1 Å². The van der Waals surface area contributed by atoms with Crippen molar-refractivity contribution in [2.75, 3.05) is 10.6 Å².